The van der Waals surface area contributed by atoms with Gasteiger partial charge in [0.25, 0.3) is 5.56 Å². The first-order valence-electron chi connectivity index (χ1n) is 15.4. The molecular weight excluding hydrogens is 611 g/mol. The molecule has 246 valence electrons. The zero-order chi connectivity index (χ0) is 33.2. The van der Waals surface area contributed by atoms with Crippen molar-refractivity contribution in [1.82, 2.24) is 24.4 Å². The Bertz CT molecular complexity index is 1990. The fraction of sp³-hybridized carbons (Fsp3) is 0.394. The molecule has 0 bridgehead atoms. The number of aromatic amines is 1. The van der Waals surface area contributed by atoms with Crippen molar-refractivity contribution in [2.75, 3.05) is 33.1 Å². The molecule has 47 heavy (non-hydrogen) atoms. The number of nitrogens with one attached hydrogen (secondary N) is 2. The van der Waals surface area contributed by atoms with E-state index in [4.69, 9.17) is 19.2 Å². The number of rotatable bonds is 12. The van der Waals surface area contributed by atoms with Crippen LogP contribution in [0.15, 0.2) is 40.1 Å². The number of nitrogens with zero attached hydrogens (tertiary/aromatic N) is 4. The summed E-state index contributed by atoms with van der Waals surface area (Å²) in [6, 6.07) is 7.72. The number of amides is 1. The Morgan fingerprint density at radius 2 is 1.98 bits per heavy atom. The number of halogens is 1. The lowest BCUT2D eigenvalue weighted by Crippen LogP contribution is -2.33. The van der Waals surface area contributed by atoms with E-state index in [0.717, 1.165) is 53.2 Å². The molecule has 4 aromatic rings. The van der Waals surface area contributed by atoms with Crippen LogP contribution in [0.3, 0.4) is 0 Å². The molecule has 0 saturated heterocycles. The molecule has 0 fully saturated rings. The van der Waals surface area contributed by atoms with Crippen molar-refractivity contribution >= 4 is 28.6 Å². The second kappa shape index (κ2) is 13.4. The Balaban J connectivity index is 1.12. The smallest absolute Gasteiger partial charge is 0.346 e. The SMILES string of the molecule is CO[C@@H]1C(=O)OCc2c1cc1n(c2=O)Cc2cc3c(CN(C)C)c(OCCCCCCC(=O)Nc4[nH]c(=O)ncc4F)ccc3nc2-1. The first-order chi connectivity index (χ1) is 22.6. The van der Waals surface area contributed by atoms with Crippen molar-refractivity contribution in [1.29, 1.82) is 0 Å². The largest absolute Gasteiger partial charge is 0.493 e. The van der Waals surface area contributed by atoms with Crippen LogP contribution in [0.2, 0.25) is 0 Å². The van der Waals surface area contributed by atoms with Gasteiger partial charge < -0.3 is 29.0 Å². The molecule has 3 aromatic heterocycles. The first kappa shape index (κ1) is 32.0. The van der Waals surface area contributed by atoms with Crippen LogP contribution < -0.4 is 21.3 Å². The van der Waals surface area contributed by atoms with Gasteiger partial charge in [0.2, 0.25) is 5.91 Å². The van der Waals surface area contributed by atoms with Crippen molar-refractivity contribution < 1.29 is 28.2 Å². The molecule has 0 aliphatic carbocycles. The second-order valence-corrected chi connectivity index (χ2v) is 11.9. The number of fused-ring (bicyclic) bond motifs is 5. The minimum absolute atomic E-state index is 0.0848. The van der Waals surface area contributed by atoms with E-state index in [1.165, 1.54) is 7.11 Å². The number of unbranched alkanes of at least 4 members (excludes halogenated alkanes) is 3. The summed E-state index contributed by atoms with van der Waals surface area (Å²) in [6.45, 7) is 1.36. The number of esters is 1. The van der Waals surface area contributed by atoms with E-state index in [1.54, 1.807) is 4.57 Å². The molecule has 5 heterocycles. The Labute approximate surface area is 268 Å². The molecule has 6 rings (SSSR count). The first-order valence-corrected chi connectivity index (χ1v) is 15.4. The molecule has 1 aromatic carbocycles. The number of methoxy groups -OCH3 is 1. The minimum Gasteiger partial charge on any atom is -0.493 e. The third-order valence-corrected chi connectivity index (χ3v) is 8.30. The van der Waals surface area contributed by atoms with Gasteiger partial charge in [0, 0.05) is 42.2 Å². The molecule has 2 N–H and O–H groups in total. The van der Waals surface area contributed by atoms with Gasteiger partial charge in [-0.15, -0.1) is 0 Å². The van der Waals surface area contributed by atoms with Crippen LogP contribution in [0.25, 0.3) is 22.3 Å². The highest BCUT2D eigenvalue weighted by atomic mass is 19.1. The van der Waals surface area contributed by atoms with Crippen LogP contribution in [-0.2, 0) is 38.8 Å². The Morgan fingerprint density at radius 1 is 1.17 bits per heavy atom. The average Bonchev–Trinajstić information content (AvgIpc) is 3.39. The maximum atomic E-state index is 13.7. The van der Waals surface area contributed by atoms with E-state index >= 15 is 0 Å². The third kappa shape index (κ3) is 6.51. The fourth-order valence-electron chi connectivity index (χ4n) is 6.06. The summed E-state index contributed by atoms with van der Waals surface area (Å²) >= 11 is 0. The monoisotopic (exact) mass is 646 g/mol. The van der Waals surface area contributed by atoms with Crippen LogP contribution in [0.5, 0.6) is 5.75 Å². The van der Waals surface area contributed by atoms with Gasteiger partial charge in [-0.05, 0) is 51.2 Å². The van der Waals surface area contributed by atoms with Crippen LogP contribution >= 0.6 is 0 Å². The number of carbonyl (C=O) groups is 2. The number of ether oxygens (including phenoxy) is 3. The van der Waals surface area contributed by atoms with Gasteiger partial charge >= 0.3 is 11.7 Å². The summed E-state index contributed by atoms with van der Waals surface area (Å²) in [5.74, 6) is -1.23. The topological polar surface area (TPSA) is 158 Å². The summed E-state index contributed by atoms with van der Waals surface area (Å²) in [5, 5.41) is 3.31. The molecule has 0 radical (unpaired) electrons. The molecule has 2 aliphatic rings. The molecule has 0 spiro atoms. The van der Waals surface area contributed by atoms with Gasteiger partial charge in [-0.2, -0.15) is 4.98 Å². The molecule has 14 heteroatoms. The average molecular weight is 647 g/mol. The predicted octanol–water partition coefficient (Wildman–Crippen LogP) is 3.42. The minimum atomic E-state index is -0.954. The number of aromatic nitrogens is 4. The van der Waals surface area contributed by atoms with E-state index in [1.807, 2.05) is 32.3 Å². The highest BCUT2D eigenvalue weighted by Gasteiger charge is 2.35. The van der Waals surface area contributed by atoms with Gasteiger partial charge in [0.1, 0.15) is 12.4 Å². The van der Waals surface area contributed by atoms with Gasteiger partial charge in [0.15, 0.2) is 17.7 Å². The normalized spacial score (nSPS) is 14.9. The molecule has 1 amide bonds. The lowest BCUT2D eigenvalue weighted by Gasteiger charge is -2.24. The standard InChI is InChI=1S/C33H35FN6O7/c1-39(2)16-21-19-12-18-15-40-25(13-20-22(31(40)42)17-47-32(43)29(20)45-3)28(18)36-24(19)9-10-26(21)46-11-7-5-4-6-8-27(41)37-30-23(34)14-35-33(44)38-30/h9-10,12-14,29H,4-8,11,15-17H2,1-3H3,(H2,35,37,38,41,44)/t29-/m0/s1. The number of anilines is 1. The fourth-order valence-corrected chi connectivity index (χ4v) is 6.06. The highest BCUT2D eigenvalue weighted by molar-refractivity contribution is 5.90. The van der Waals surface area contributed by atoms with Crippen molar-refractivity contribution in [3.05, 3.63) is 79.4 Å². The lowest BCUT2D eigenvalue weighted by molar-refractivity contribution is -0.159. The van der Waals surface area contributed by atoms with E-state index in [0.29, 0.717) is 48.6 Å². The van der Waals surface area contributed by atoms with Gasteiger partial charge in [-0.1, -0.05) is 12.8 Å². The molecular formula is C33H35FN6O7. The van der Waals surface area contributed by atoms with Crippen LogP contribution in [0.1, 0.15) is 60.5 Å². The van der Waals surface area contributed by atoms with Gasteiger partial charge in [-0.25, -0.2) is 19.0 Å². The highest BCUT2D eigenvalue weighted by Crippen LogP contribution is 2.38. The summed E-state index contributed by atoms with van der Waals surface area (Å²) < 4.78 is 32.2. The predicted molar refractivity (Wildman–Crippen MR) is 170 cm³/mol. The third-order valence-electron chi connectivity index (χ3n) is 8.30. The number of H-pyrrole nitrogens is 1. The summed E-state index contributed by atoms with van der Waals surface area (Å²) in [6.07, 6.45) is 2.98. The van der Waals surface area contributed by atoms with Gasteiger partial charge in [-0.3, -0.25) is 14.6 Å². The quantitative estimate of drug-likeness (QED) is 0.152. The molecule has 1 atom stereocenters. The van der Waals surface area contributed by atoms with Crippen LogP contribution in [-0.4, -0.2) is 64.1 Å². The number of cyclic esters (lactones) is 1. The molecule has 0 unspecified atom stereocenters. The van der Waals surface area contributed by atoms with Crippen molar-refractivity contribution in [2.45, 2.75) is 57.9 Å². The van der Waals surface area contributed by atoms with E-state index in [-0.39, 0.29) is 30.3 Å². The maximum Gasteiger partial charge on any atom is 0.346 e. The number of carbonyl (C=O) groups excluding carboxylic acids is 2. The molecule has 13 nitrogen and oxygen atoms in total. The van der Waals surface area contributed by atoms with Crippen LogP contribution in [0.4, 0.5) is 10.2 Å². The lowest BCUT2D eigenvalue weighted by atomic mass is 9.99. The zero-order valence-corrected chi connectivity index (χ0v) is 26.4. The number of benzene rings is 1. The van der Waals surface area contributed by atoms with E-state index in [9.17, 15) is 23.6 Å². The van der Waals surface area contributed by atoms with E-state index < -0.39 is 23.6 Å². The summed E-state index contributed by atoms with van der Waals surface area (Å²) in [4.78, 5) is 61.6. The Morgan fingerprint density at radius 3 is 2.77 bits per heavy atom. The Hall–Kier alpha value is -4.95. The summed E-state index contributed by atoms with van der Waals surface area (Å²) in [5.41, 5.74) is 3.99. The summed E-state index contributed by atoms with van der Waals surface area (Å²) in [7, 11) is 5.38. The Kier molecular flexibility index (Phi) is 9.14. The second-order valence-electron chi connectivity index (χ2n) is 11.9. The van der Waals surface area contributed by atoms with Crippen molar-refractivity contribution in [3.8, 4) is 17.1 Å². The molecule has 2 aliphatic heterocycles. The van der Waals surface area contributed by atoms with E-state index in [2.05, 4.69) is 26.3 Å². The number of pyridine rings is 2. The van der Waals surface area contributed by atoms with Crippen molar-refractivity contribution in [2.24, 2.45) is 0 Å². The van der Waals surface area contributed by atoms with Crippen LogP contribution in [0, 0.1) is 5.82 Å². The van der Waals surface area contributed by atoms with Gasteiger partial charge in [0.05, 0.1) is 41.8 Å². The number of hydrogen-bond acceptors (Lipinski definition) is 10. The molecule has 0 saturated carbocycles. The number of hydrogen-bond donors (Lipinski definition) is 2. The zero-order valence-electron chi connectivity index (χ0n) is 26.4. The van der Waals surface area contributed by atoms with Crippen molar-refractivity contribution in [3.63, 3.8) is 0 Å². The maximum absolute atomic E-state index is 13.7.